The van der Waals surface area contributed by atoms with E-state index in [0.29, 0.717) is 16.3 Å². The van der Waals surface area contributed by atoms with Gasteiger partial charge < -0.3 is 9.73 Å². The predicted molar refractivity (Wildman–Crippen MR) is 63.1 cm³/mol. The first-order valence-electron chi connectivity index (χ1n) is 5.79. The maximum Gasteiger partial charge on any atom is 0.255 e. The Hall–Kier alpha value is -0.770. The van der Waals surface area contributed by atoms with Gasteiger partial charge in [0, 0.05) is 6.04 Å². The zero-order valence-electron chi connectivity index (χ0n) is 8.91. The van der Waals surface area contributed by atoms with Crippen molar-refractivity contribution in [2.75, 3.05) is 0 Å². The highest BCUT2D eigenvalue weighted by atomic mass is 79.9. The zero-order valence-corrected chi connectivity index (χ0v) is 10.5. The van der Waals surface area contributed by atoms with E-state index in [-0.39, 0.29) is 5.91 Å². The predicted octanol–water partition coefficient (Wildman–Crippen LogP) is 2.96. The van der Waals surface area contributed by atoms with Crippen molar-refractivity contribution in [3.63, 3.8) is 0 Å². The van der Waals surface area contributed by atoms with Crippen LogP contribution in [0.4, 0.5) is 0 Å². The number of nitrogens with one attached hydrogen (secondary N) is 1. The zero-order chi connectivity index (χ0) is 11.1. The van der Waals surface area contributed by atoms with Gasteiger partial charge >= 0.3 is 0 Å². The van der Waals surface area contributed by atoms with Gasteiger partial charge in [-0.3, -0.25) is 4.79 Å². The highest BCUT2D eigenvalue weighted by molar-refractivity contribution is 9.10. The van der Waals surface area contributed by atoms with Gasteiger partial charge in [-0.15, -0.1) is 0 Å². The molecule has 0 spiro atoms. The van der Waals surface area contributed by atoms with Gasteiger partial charge in [0.2, 0.25) is 0 Å². The number of furan rings is 1. The fraction of sp³-hybridized carbons (Fsp3) is 0.583. The molecule has 1 aromatic heterocycles. The normalized spacial score (nSPS) is 20.1. The molecule has 0 aromatic carbocycles. The molecule has 1 aromatic rings. The van der Waals surface area contributed by atoms with E-state index in [0.717, 1.165) is 11.8 Å². The van der Waals surface area contributed by atoms with E-state index in [1.807, 2.05) is 0 Å². The second-order valence-electron chi connectivity index (χ2n) is 4.78. The molecule has 0 atom stereocenters. The molecule has 16 heavy (non-hydrogen) atoms. The van der Waals surface area contributed by atoms with Crippen molar-refractivity contribution in [3.05, 3.63) is 22.6 Å². The summed E-state index contributed by atoms with van der Waals surface area (Å²) in [6, 6.07) is 2.10. The van der Waals surface area contributed by atoms with Crippen LogP contribution >= 0.6 is 15.9 Å². The van der Waals surface area contributed by atoms with Gasteiger partial charge in [0.05, 0.1) is 11.8 Å². The fourth-order valence-electron chi connectivity index (χ4n) is 2.22. The lowest BCUT2D eigenvalue weighted by Gasteiger charge is -2.17. The van der Waals surface area contributed by atoms with Crippen LogP contribution in [-0.2, 0) is 0 Å². The molecule has 3 rings (SSSR count). The van der Waals surface area contributed by atoms with Crippen LogP contribution in [0.5, 0.6) is 0 Å². The monoisotopic (exact) mass is 283 g/mol. The molecule has 0 aliphatic heterocycles. The standard InChI is InChI=1S/C12H14BrNO2/c13-11-9(5-6-16-11)12(15)14-10(7-1-2-7)8-3-4-8/h5-8,10H,1-4H2,(H,14,15). The highest BCUT2D eigenvalue weighted by Crippen LogP contribution is 2.44. The Kier molecular flexibility index (Phi) is 2.54. The van der Waals surface area contributed by atoms with E-state index in [1.165, 1.54) is 31.9 Å². The molecule has 2 fully saturated rings. The third kappa shape index (κ3) is 2.03. The van der Waals surface area contributed by atoms with Crippen LogP contribution in [0, 0.1) is 11.8 Å². The molecule has 2 aliphatic rings. The molecule has 0 unspecified atom stereocenters. The van der Waals surface area contributed by atoms with E-state index >= 15 is 0 Å². The lowest BCUT2D eigenvalue weighted by molar-refractivity contribution is 0.0924. The van der Waals surface area contributed by atoms with Crippen LogP contribution in [0.25, 0.3) is 0 Å². The Bertz CT molecular complexity index is 395. The first-order valence-corrected chi connectivity index (χ1v) is 6.59. The molecule has 0 saturated heterocycles. The molecular formula is C12H14BrNO2. The second-order valence-corrected chi connectivity index (χ2v) is 5.50. The molecule has 1 amide bonds. The van der Waals surface area contributed by atoms with Crippen molar-refractivity contribution >= 4 is 21.8 Å². The summed E-state index contributed by atoms with van der Waals surface area (Å²) < 4.78 is 5.60. The SMILES string of the molecule is O=C(NC(C1CC1)C1CC1)c1ccoc1Br. The van der Waals surface area contributed by atoms with E-state index in [2.05, 4.69) is 21.2 Å². The fourth-order valence-corrected chi connectivity index (χ4v) is 2.64. The number of carbonyl (C=O) groups excluding carboxylic acids is 1. The van der Waals surface area contributed by atoms with Gasteiger partial charge in [-0.1, -0.05) is 0 Å². The molecule has 0 bridgehead atoms. The van der Waals surface area contributed by atoms with Gasteiger partial charge in [0.1, 0.15) is 0 Å². The molecule has 1 heterocycles. The first-order chi connectivity index (χ1) is 7.75. The van der Waals surface area contributed by atoms with Gasteiger partial charge in [-0.25, -0.2) is 0 Å². The average molecular weight is 284 g/mol. The van der Waals surface area contributed by atoms with Crippen molar-refractivity contribution in [2.24, 2.45) is 11.8 Å². The number of hydrogen-bond donors (Lipinski definition) is 1. The minimum atomic E-state index is -0.00979. The highest BCUT2D eigenvalue weighted by Gasteiger charge is 2.42. The van der Waals surface area contributed by atoms with Crippen LogP contribution < -0.4 is 5.32 Å². The first kappa shape index (κ1) is 10.4. The summed E-state index contributed by atoms with van der Waals surface area (Å²) in [5, 5.41) is 3.16. The van der Waals surface area contributed by atoms with E-state index in [9.17, 15) is 4.79 Å². The number of hydrogen-bond acceptors (Lipinski definition) is 2. The minimum absolute atomic E-state index is 0.00979. The summed E-state index contributed by atoms with van der Waals surface area (Å²) in [5.74, 6) is 1.44. The van der Waals surface area contributed by atoms with Crippen LogP contribution in [0.1, 0.15) is 36.0 Å². The lowest BCUT2D eigenvalue weighted by atomic mass is 10.1. The second kappa shape index (κ2) is 3.91. The van der Waals surface area contributed by atoms with E-state index < -0.39 is 0 Å². The topological polar surface area (TPSA) is 42.2 Å². The Labute approximate surface area is 103 Å². The average Bonchev–Trinajstić information content (AvgIpc) is 3.14. The van der Waals surface area contributed by atoms with Crippen molar-refractivity contribution in [1.82, 2.24) is 5.32 Å². The molecule has 0 radical (unpaired) electrons. The Morgan fingerprint density at radius 3 is 2.44 bits per heavy atom. The van der Waals surface area contributed by atoms with Gasteiger partial charge in [0.25, 0.3) is 5.91 Å². The summed E-state index contributed by atoms with van der Waals surface area (Å²) in [7, 11) is 0. The van der Waals surface area contributed by atoms with Crippen LogP contribution in [0.2, 0.25) is 0 Å². The summed E-state index contributed by atoms with van der Waals surface area (Å²) in [4.78, 5) is 12.0. The molecule has 4 heteroatoms. The van der Waals surface area contributed by atoms with Crippen molar-refractivity contribution in [3.8, 4) is 0 Å². The Balaban J connectivity index is 1.69. The van der Waals surface area contributed by atoms with Gasteiger partial charge in [-0.05, 0) is 59.5 Å². The van der Waals surface area contributed by atoms with Crippen LogP contribution in [0.3, 0.4) is 0 Å². The quantitative estimate of drug-likeness (QED) is 0.923. The number of carbonyl (C=O) groups is 1. The Morgan fingerprint density at radius 2 is 2.00 bits per heavy atom. The molecule has 3 nitrogen and oxygen atoms in total. The third-order valence-corrected chi connectivity index (χ3v) is 4.03. The smallest absolute Gasteiger partial charge is 0.255 e. The third-order valence-electron chi connectivity index (χ3n) is 3.42. The van der Waals surface area contributed by atoms with E-state index in [4.69, 9.17) is 4.42 Å². The molecule has 2 aliphatic carbocycles. The van der Waals surface area contributed by atoms with Gasteiger partial charge in [0.15, 0.2) is 4.67 Å². The molecule has 2 saturated carbocycles. The van der Waals surface area contributed by atoms with Crippen LogP contribution in [0.15, 0.2) is 21.4 Å². The molecular weight excluding hydrogens is 270 g/mol. The number of rotatable bonds is 4. The summed E-state index contributed by atoms with van der Waals surface area (Å²) in [6.45, 7) is 0. The summed E-state index contributed by atoms with van der Waals surface area (Å²) >= 11 is 3.23. The van der Waals surface area contributed by atoms with Crippen molar-refractivity contribution in [1.29, 1.82) is 0 Å². The van der Waals surface area contributed by atoms with Gasteiger partial charge in [-0.2, -0.15) is 0 Å². The minimum Gasteiger partial charge on any atom is -0.457 e. The largest absolute Gasteiger partial charge is 0.457 e. The van der Waals surface area contributed by atoms with Crippen molar-refractivity contribution < 1.29 is 9.21 Å². The number of amides is 1. The van der Waals surface area contributed by atoms with Crippen molar-refractivity contribution in [2.45, 2.75) is 31.7 Å². The molecule has 1 N–H and O–H groups in total. The van der Waals surface area contributed by atoms with E-state index in [1.54, 1.807) is 6.07 Å². The summed E-state index contributed by atoms with van der Waals surface area (Å²) in [6.07, 6.45) is 6.62. The Morgan fingerprint density at radius 1 is 1.38 bits per heavy atom. The number of halogens is 1. The summed E-state index contributed by atoms with van der Waals surface area (Å²) in [5.41, 5.74) is 0.603. The maximum absolute atomic E-state index is 12.0. The maximum atomic E-state index is 12.0. The van der Waals surface area contributed by atoms with Crippen LogP contribution in [-0.4, -0.2) is 11.9 Å². The lowest BCUT2D eigenvalue weighted by Crippen LogP contribution is -2.38. The molecule has 86 valence electrons.